The highest BCUT2D eigenvalue weighted by Gasteiger charge is 2.16. The third-order valence-electron chi connectivity index (χ3n) is 5.25. The molecule has 37 heavy (non-hydrogen) atoms. The minimum Gasteiger partial charge on any atom is -0.457 e. The number of tetrazole rings is 1. The summed E-state index contributed by atoms with van der Waals surface area (Å²) in [6.07, 6.45) is 1.60. The van der Waals surface area contributed by atoms with E-state index < -0.39 is 10.8 Å². The van der Waals surface area contributed by atoms with Crippen molar-refractivity contribution >= 4 is 17.3 Å². The predicted molar refractivity (Wildman–Crippen MR) is 133 cm³/mol. The molecule has 0 spiro atoms. The van der Waals surface area contributed by atoms with Crippen molar-refractivity contribution in [2.75, 3.05) is 5.32 Å². The van der Waals surface area contributed by atoms with Gasteiger partial charge in [0.25, 0.3) is 11.6 Å². The van der Waals surface area contributed by atoms with Crippen LogP contribution in [-0.4, -0.2) is 40.8 Å². The average molecular weight is 496 g/mol. The standard InChI is InChI=1S/C25H20N8O4/c1-17-7-9-21(10-8-17)37-22-14-19(13-20(15-22)33(35)36)26-25(34)23-11-12-31(28-23)16-32-29-24(27-30-32)18-5-3-2-4-6-18/h2-15H,16H2,1H3,(H,26,34). The number of nitrogens with zero attached hydrogens (tertiary/aromatic N) is 7. The SMILES string of the molecule is Cc1ccc(Oc2cc(NC(=O)c3ccn(Cn4nnc(-c5ccccc5)n4)n3)cc([N+](=O)[O-])c2)cc1. The Hall–Kier alpha value is -5.39. The molecule has 0 bridgehead atoms. The molecule has 1 N–H and O–H groups in total. The quantitative estimate of drug-likeness (QED) is 0.247. The van der Waals surface area contributed by atoms with Gasteiger partial charge in [0.1, 0.15) is 11.5 Å². The number of non-ortho nitro benzene ring substituents is 1. The highest BCUT2D eigenvalue weighted by molar-refractivity contribution is 6.03. The Balaban J connectivity index is 1.29. The summed E-state index contributed by atoms with van der Waals surface area (Å²) in [5.41, 5.74) is 1.96. The van der Waals surface area contributed by atoms with E-state index in [-0.39, 0.29) is 29.5 Å². The summed E-state index contributed by atoms with van der Waals surface area (Å²) in [5.74, 6) is 0.654. The predicted octanol–water partition coefficient (Wildman–Crippen LogP) is 4.30. The molecular weight excluding hydrogens is 476 g/mol. The molecule has 2 heterocycles. The molecule has 2 aromatic heterocycles. The van der Waals surface area contributed by atoms with Crippen molar-refractivity contribution < 1.29 is 14.5 Å². The number of aromatic nitrogens is 6. The van der Waals surface area contributed by atoms with Crippen LogP contribution in [-0.2, 0) is 6.67 Å². The fourth-order valence-corrected chi connectivity index (χ4v) is 3.45. The molecule has 0 saturated carbocycles. The molecular formula is C25H20N8O4. The molecule has 184 valence electrons. The van der Waals surface area contributed by atoms with E-state index in [1.807, 2.05) is 49.4 Å². The minimum atomic E-state index is -0.554. The highest BCUT2D eigenvalue weighted by Crippen LogP contribution is 2.30. The fourth-order valence-electron chi connectivity index (χ4n) is 3.45. The van der Waals surface area contributed by atoms with Crippen molar-refractivity contribution in [1.29, 1.82) is 0 Å². The molecule has 3 aromatic carbocycles. The topological polar surface area (TPSA) is 143 Å². The number of carbonyl (C=O) groups excluding carboxylic acids is 1. The Kier molecular flexibility index (Phi) is 6.36. The first-order valence-corrected chi connectivity index (χ1v) is 11.1. The lowest BCUT2D eigenvalue weighted by Crippen LogP contribution is -2.16. The van der Waals surface area contributed by atoms with E-state index >= 15 is 0 Å². The molecule has 0 unspecified atom stereocenters. The monoisotopic (exact) mass is 496 g/mol. The number of amides is 1. The molecule has 0 saturated heterocycles. The second kappa shape index (κ2) is 10.1. The summed E-state index contributed by atoms with van der Waals surface area (Å²) in [4.78, 5) is 25.0. The van der Waals surface area contributed by atoms with E-state index in [4.69, 9.17) is 4.74 Å². The molecule has 5 aromatic rings. The first-order valence-electron chi connectivity index (χ1n) is 11.1. The summed E-state index contributed by atoms with van der Waals surface area (Å²) in [6.45, 7) is 2.08. The maximum atomic E-state index is 12.8. The first kappa shape index (κ1) is 23.4. The van der Waals surface area contributed by atoms with Crippen molar-refractivity contribution in [3.8, 4) is 22.9 Å². The van der Waals surface area contributed by atoms with Crippen LogP contribution in [0.1, 0.15) is 16.1 Å². The Morgan fingerprint density at radius 3 is 2.54 bits per heavy atom. The Bertz CT molecular complexity index is 1560. The lowest BCUT2D eigenvalue weighted by atomic mass is 10.2. The maximum Gasteiger partial charge on any atom is 0.276 e. The zero-order valence-electron chi connectivity index (χ0n) is 19.6. The van der Waals surface area contributed by atoms with Gasteiger partial charge in [-0.25, -0.2) is 4.68 Å². The second-order valence-corrected chi connectivity index (χ2v) is 8.08. The normalized spacial score (nSPS) is 10.7. The Labute approximate surface area is 210 Å². The van der Waals surface area contributed by atoms with Crippen LogP contribution in [0, 0.1) is 17.0 Å². The zero-order valence-corrected chi connectivity index (χ0v) is 19.6. The first-order chi connectivity index (χ1) is 17.9. The number of ether oxygens (including phenoxy) is 1. The van der Waals surface area contributed by atoms with Gasteiger partial charge < -0.3 is 10.1 Å². The van der Waals surface area contributed by atoms with Crippen molar-refractivity contribution in [1.82, 2.24) is 30.0 Å². The molecule has 0 fully saturated rings. The number of nitro groups is 1. The number of nitrogens with one attached hydrogen (secondary N) is 1. The van der Waals surface area contributed by atoms with Gasteiger partial charge in [-0.05, 0) is 30.3 Å². The van der Waals surface area contributed by atoms with Gasteiger partial charge in [-0.2, -0.15) is 5.10 Å². The van der Waals surface area contributed by atoms with E-state index in [0.29, 0.717) is 11.6 Å². The molecule has 0 atom stereocenters. The van der Waals surface area contributed by atoms with Crippen LogP contribution < -0.4 is 10.1 Å². The van der Waals surface area contributed by atoms with Gasteiger partial charge in [-0.15, -0.1) is 15.0 Å². The maximum absolute atomic E-state index is 12.8. The number of carbonyl (C=O) groups is 1. The van der Waals surface area contributed by atoms with E-state index in [1.165, 1.54) is 33.7 Å². The minimum absolute atomic E-state index is 0.107. The van der Waals surface area contributed by atoms with Crippen LogP contribution in [0.15, 0.2) is 85.1 Å². The van der Waals surface area contributed by atoms with Crippen LogP contribution in [0.2, 0.25) is 0 Å². The highest BCUT2D eigenvalue weighted by atomic mass is 16.6. The smallest absolute Gasteiger partial charge is 0.276 e. The number of anilines is 1. The van der Waals surface area contributed by atoms with Crippen molar-refractivity contribution in [3.63, 3.8) is 0 Å². The van der Waals surface area contributed by atoms with Gasteiger partial charge in [-0.1, -0.05) is 48.0 Å². The van der Waals surface area contributed by atoms with E-state index in [2.05, 4.69) is 25.8 Å². The summed E-state index contributed by atoms with van der Waals surface area (Å²) < 4.78 is 7.24. The number of aryl methyl sites for hydroxylation is 1. The third-order valence-corrected chi connectivity index (χ3v) is 5.25. The number of hydrogen-bond acceptors (Lipinski definition) is 8. The van der Waals surface area contributed by atoms with E-state index in [1.54, 1.807) is 18.3 Å². The van der Waals surface area contributed by atoms with Crippen LogP contribution in [0.5, 0.6) is 11.5 Å². The Morgan fingerprint density at radius 1 is 1.00 bits per heavy atom. The molecule has 0 aliphatic heterocycles. The molecule has 1 amide bonds. The number of hydrogen-bond donors (Lipinski definition) is 1. The van der Waals surface area contributed by atoms with Gasteiger partial charge in [0.05, 0.1) is 16.7 Å². The van der Waals surface area contributed by atoms with Crippen LogP contribution in [0.25, 0.3) is 11.4 Å². The molecule has 12 heteroatoms. The summed E-state index contributed by atoms with van der Waals surface area (Å²) in [6, 6.07) is 22.2. The summed E-state index contributed by atoms with van der Waals surface area (Å²) in [7, 11) is 0. The van der Waals surface area contributed by atoms with Crippen LogP contribution >= 0.6 is 0 Å². The third kappa shape index (κ3) is 5.65. The summed E-state index contributed by atoms with van der Waals surface area (Å²) in [5, 5.41) is 30.7. The van der Waals surface area contributed by atoms with E-state index in [0.717, 1.165) is 11.1 Å². The van der Waals surface area contributed by atoms with Crippen molar-refractivity contribution in [2.45, 2.75) is 13.6 Å². The van der Waals surface area contributed by atoms with Gasteiger partial charge >= 0.3 is 0 Å². The zero-order chi connectivity index (χ0) is 25.8. The molecule has 0 radical (unpaired) electrons. The number of rotatable bonds is 8. The number of nitro benzene ring substituents is 1. The Morgan fingerprint density at radius 2 is 1.78 bits per heavy atom. The van der Waals surface area contributed by atoms with Gasteiger partial charge in [0.15, 0.2) is 12.4 Å². The van der Waals surface area contributed by atoms with Gasteiger partial charge in [-0.3, -0.25) is 14.9 Å². The lowest BCUT2D eigenvalue weighted by Gasteiger charge is -2.09. The second-order valence-electron chi connectivity index (χ2n) is 8.08. The van der Waals surface area contributed by atoms with Crippen molar-refractivity contribution in [3.05, 3.63) is 106 Å². The van der Waals surface area contributed by atoms with Crippen molar-refractivity contribution in [2.24, 2.45) is 0 Å². The molecule has 0 aliphatic rings. The molecule has 12 nitrogen and oxygen atoms in total. The molecule has 5 rings (SSSR count). The lowest BCUT2D eigenvalue weighted by molar-refractivity contribution is -0.384. The van der Waals surface area contributed by atoms with Gasteiger partial charge in [0, 0.05) is 23.9 Å². The number of benzene rings is 3. The van der Waals surface area contributed by atoms with Crippen LogP contribution in [0.4, 0.5) is 11.4 Å². The average Bonchev–Trinajstić information content (AvgIpc) is 3.56. The van der Waals surface area contributed by atoms with E-state index in [9.17, 15) is 14.9 Å². The van der Waals surface area contributed by atoms with Gasteiger partial charge in [0.2, 0.25) is 5.82 Å². The summed E-state index contributed by atoms with van der Waals surface area (Å²) >= 11 is 0. The van der Waals surface area contributed by atoms with Crippen LogP contribution in [0.3, 0.4) is 0 Å². The molecule has 0 aliphatic carbocycles. The fraction of sp³-hybridized carbons (Fsp3) is 0.0800. The largest absolute Gasteiger partial charge is 0.457 e.